The van der Waals surface area contributed by atoms with Gasteiger partial charge in [-0.3, -0.25) is 0 Å². The van der Waals surface area contributed by atoms with E-state index in [1.54, 1.807) is 7.11 Å². The molecular formula is C18H24N2O. The lowest BCUT2D eigenvalue weighted by Crippen LogP contribution is -2.24. The van der Waals surface area contributed by atoms with Gasteiger partial charge >= 0.3 is 0 Å². The van der Waals surface area contributed by atoms with E-state index in [4.69, 9.17) is 4.74 Å². The number of rotatable bonds is 7. The number of likely N-dealkylation sites (N-methyl/N-ethyl adjacent to an activating group) is 1. The van der Waals surface area contributed by atoms with Crippen LogP contribution in [0.15, 0.2) is 48.5 Å². The van der Waals surface area contributed by atoms with Gasteiger partial charge < -0.3 is 15.0 Å². The highest BCUT2D eigenvalue weighted by molar-refractivity contribution is 5.44. The lowest BCUT2D eigenvalue weighted by Gasteiger charge is -2.17. The van der Waals surface area contributed by atoms with Gasteiger partial charge in [-0.05, 0) is 43.8 Å². The minimum absolute atomic E-state index is 0.905. The Morgan fingerprint density at radius 2 is 1.67 bits per heavy atom. The van der Waals surface area contributed by atoms with Gasteiger partial charge in [0.1, 0.15) is 5.75 Å². The van der Waals surface area contributed by atoms with Crippen molar-refractivity contribution in [2.75, 3.05) is 32.6 Å². The van der Waals surface area contributed by atoms with Crippen molar-refractivity contribution in [3.8, 4) is 5.75 Å². The lowest BCUT2D eigenvalue weighted by molar-refractivity contribution is 0.339. The van der Waals surface area contributed by atoms with E-state index >= 15 is 0 Å². The zero-order valence-electron chi connectivity index (χ0n) is 13.1. The summed E-state index contributed by atoms with van der Waals surface area (Å²) in [7, 11) is 3.83. The Kier molecular flexibility index (Phi) is 5.64. The Morgan fingerprint density at radius 3 is 2.29 bits per heavy atom. The average Bonchev–Trinajstić information content (AvgIpc) is 2.50. The highest BCUT2D eigenvalue weighted by Crippen LogP contribution is 2.12. The predicted molar refractivity (Wildman–Crippen MR) is 89.0 cm³/mol. The second kappa shape index (κ2) is 7.70. The Labute approximate surface area is 127 Å². The monoisotopic (exact) mass is 284 g/mol. The molecule has 2 aromatic carbocycles. The molecule has 2 aromatic rings. The van der Waals surface area contributed by atoms with Crippen molar-refractivity contribution < 1.29 is 4.74 Å². The summed E-state index contributed by atoms with van der Waals surface area (Å²) in [6.07, 6.45) is 0. The smallest absolute Gasteiger partial charge is 0.118 e. The van der Waals surface area contributed by atoms with Crippen molar-refractivity contribution >= 4 is 5.69 Å². The molecule has 0 radical (unpaired) electrons. The van der Waals surface area contributed by atoms with E-state index in [1.807, 2.05) is 12.1 Å². The number of nitrogens with zero attached hydrogens (tertiary/aromatic N) is 1. The number of methoxy groups -OCH3 is 1. The number of hydrogen-bond donors (Lipinski definition) is 1. The van der Waals surface area contributed by atoms with E-state index in [9.17, 15) is 0 Å². The molecular weight excluding hydrogens is 260 g/mol. The highest BCUT2D eigenvalue weighted by atomic mass is 16.5. The largest absolute Gasteiger partial charge is 0.497 e. The van der Waals surface area contributed by atoms with Gasteiger partial charge in [-0.15, -0.1) is 0 Å². The van der Waals surface area contributed by atoms with Gasteiger partial charge in [0.15, 0.2) is 0 Å². The zero-order chi connectivity index (χ0) is 15.1. The van der Waals surface area contributed by atoms with Crippen LogP contribution in [-0.2, 0) is 6.54 Å². The molecule has 3 heteroatoms. The number of ether oxygens (including phenoxy) is 1. The molecule has 0 unspecified atom stereocenters. The van der Waals surface area contributed by atoms with Gasteiger partial charge in [0.05, 0.1) is 7.11 Å². The molecule has 0 spiro atoms. The van der Waals surface area contributed by atoms with Crippen LogP contribution in [0.2, 0.25) is 0 Å². The van der Waals surface area contributed by atoms with Crippen molar-refractivity contribution in [1.29, 1.82) is 0 Å². The first kappa shape index (κ1) is 15.4. The number of aryl methyl sites for hydroxylation is 1. The summed E-state index contributed by atoms with van der Waals surface area (Å²) in [5.74, 6) is 0.905. The molecule has 0 aliphatic heterocycles. The summed E-state index contributed by atoms with van der Waals surface area (Å²) in [6, 6.07) is 16.7. The summed E-state index contributed by atoms with van der Waals surface area (Å²) in [5.41, 5.74) is 3.77. The second-order valence-corrected chi connectivity index (χ2v) is 5.38. The van der Waals surface area contributed by atoms with Crippen molar-refractivity contribution in [1.82, 2.24) is 4.90 Å². The van der Waals surface area contributed by atoms with Gasteiger partial charge in [-0.1, -0.05) is 29.8 Å². The minimum atomic E-state index is 0.905. The number of nitrogens with one attached hydrogen (secondary N) is 1. The summed E-state index contributed by atoms with van der Waals surface area (Å²) in [5, 5.41) is 3.45. The average molecular weight is 284 g/mol. The van der Waals surface area contributed by atoms with E-state index in [-0.39, 0.29) is 0 Å². The Hall–Kier alpha value is -2.00. The van der Waals surface area contributed by atoms with E-state index in [0.29, 0.717) is 0 Å². The molecule has 2 rings (SSSR count). The van der Waals surface area contributed by atoms with E-state index in [1.165, 1.54) is 16.8 Å². The van der Waals surface area contributed by atoms with Gasteiger partial charge in [0.2, 0.25) is 0 Å². The quantitative estimate of drug-likeness (QED) is 0.841. The van der Waals surface area contributed by atoms with E-state index < -0.39 is 0 Å². The van der Waals surface area contributed by atoms with Crippen molar-refractivity contribution in [2.45, 2.75) is 13.5 Å². The fourth-order valence-corrected chi connectivity index (χ4v) is 2.18. The molecule has 1 N–H and O–H groups in total. The third-order valence-electron chi connectivity index (χ3n) is 3.49. The molecule has 0 amide bonds. The Balaban J connectivity index is 1.73. The summed E-state index contributed by atoms with van der Waals surface area (Å²) in [6.45, 7) is 4.99. The number of benzene rings is 2. The maximum atomic E-state index is 5.17. The van der Waals surface area contributed by atoms with Crippen LogP contribution in [0.5, 0.6) is 5.75 Å². The highest BCUT2D eigenvalue weighted by Gasteiger charge is 2.01. The summed E-state index contributed by atoms with van der Waals surface area (Å²) in [4.78, 5) is 2.31. The van der Waals surface area contributed by atoms with Gasteiger partial charge in [-0.2, -0.15) is 0 Å². The first-order valence-corrected chi connectivity index (χ1v) is 7.29. The van der Waals surface area contributed by atoms with Crippen LogP contribution in [-0.4, -0.2) is 32.1 Å². The molecule has 21 heavy (non-hydrogen) atoms. The van der Waals surface area contributed by atoms with Crippen LogP contribution in [0.1, 0.15) is 11.1 Å². The van der Waals surface area contributed by atoms with Crippen LogP contribution in [0.4, 0.5) is 5.69 Å². The first-order chi connectivity index (χ1) is 10.2. The molecule has 0 bridgehead atoms. The molecule has 0 aromatic heterocycles. The number of anilines is 1. The maximum absolute atomic E-state index is 5.17. The molecule has 0 atom stereocenters. The Bertz CT molecular complexity index is 534. The first-order valence-electron chi connectivity index (χ1n) is 7.29. The van der Waals surface area contributed by atoms with Crippen LogP contribution >= 0.6 is 0 Å². The topological polar surface area (TPSA) is 24.5 Å². The Morgan fingerprint density at radius 1 is 1.00 bits per heavy atom. The molecule has 0 aliphatic carbocycles. The third-order valence-corrected chi connectivity index (χ3v) is 3.49. The fourth-order valence-electron chi connectivity index (χ4n) is 2.18. The zero-order valence-corrected chi connectivity index (χ0v) is 13.1. The molecule has 112 valence electrons. The summed E-state index contributed by atoms with van der Waals surface area (Å²) >= 11 is 0. The van der Waals surface area contributed by atoms with Crippen LogP contribution in [0.25, 0.3) is 0 Å². The van der Waals surface area contributed by atoms with Crippen molar-refractivity contribution in [3.05, 3.63) is 59.7 Å². The molecule has 3 nitrogen and oxygen atoms in total. The van der Waals surface area contributed by atoms with Gasteiger partial charge in [0.25, 0.3) is 0 Å². The van der Waals surface area contributed by atoms with E-state index in [2.05, 4.69) is 60.6 Å². The van der Waals surface area contributed by atoms with Gasteiger partial charge in [0, 0.05) is 25.3 Å². The van der Waals surface area contributed by atoms with Crippen LogP contribution in [0.3, 0.4) is 0 Å². The van der Waals surface area contributed by atoms with Crippen LogP contribution in [0, 0.1) is 6.92 Å². The van der Waals surface area contributed by atoms with Crippen LogP contribution < -0.4 is 10.1 Å². The number of hydrogen-bond acceptors (Lipinski definition) is 3. The molecule has 0 heterocycles. The normalized spacial score (nSPS) is 10.7. The molecule has 0 saturated heterocycles. The predicted octanol–water partition coefficient (Wildman–Crippen LogP) is 3.55. The third kappa shape index (κ3) is 5.12. The van der Waals surface area contributed by atoms with Gasteiger partial charge in [-0.25, -0.2) is 0 Å². The minimum Gasteiger partial charge on any atom is -0.497 e. The maximum Gasteiger partial charge on any atom is 0.118 e. The standard InChI is InChI=1S/C18H24N2O/c1-15-4-8-17(9-5-15)19-12-13-20(2)14-16-6-10-18(21-3)11-7-16/h4-11,19H,12-14H2,1-3H3. The second-order valence-electron chi connectivity index (χ2n) is 5.38. The summed E-state index contributed by atoms with van der Waals surface area (Å²) < 4.78 is 5.17. The molecule has 0 aliphatic rings. The molecule has 0 saturated carbocycles. The molecule has 0 fully saturated rings. The lowest BCUT2D eigenvalue weighted by atomic mass is 10.2. The SMILES string of the molecule is COc1ccc(CN(C)CCNc2ccc(C)cc2)cc1. The van der Waals surface area contributed by atoms with Crippen molar-refractivity contribution in [2.24, 2.45) is 0 Å². The fraction of sp³-hybridized carbons (Fsp3) is 0.333. The van der Waals surface area contributed by atoms with E-state index in [0.717, 1.165) is 25.4 Å². The van der Waals surface area contributed by atoms with Crippen molar-refractivity contribution in [3.63, 3.8) is 0 Å².